The minimum atomic E-state index is 0.679. The van der Waals surface area contributed by atoms with Gasteiger partial charge in [-0.15, -0.1) is 0 Å². The van der Waals surface area contributed by atoms with Crippen LogP contribution in [0.3, 0.4) is 0 Å². The molecule has 0 radical (unpaired) electrons. The number of rotatable bonds is 3. The van der Waals surface area contributed by atoms with Crippen LogP contribution in [0.2, 0.25) is 0 Å². The fraction of sp³-hybridized carbons (Fsp3) is 0. The highest BCUT2D eigenvalue weighted by Gasteiger charge is 2.24. The van der Waals surface area contributed by atoms with Crippen molar-refractivity contribution < 1.29 is 0 Å². The van der Waals surface area contributed by atoms with E-state index in [0.29, 0.717) is 16.9 Å². The Bertz CT molecular complexity index is 2390. The molecular weight excluding hydrogens is 631 g/mol. The Morgan fingerprint density at radius 2 is 0.549 bits per heavy atom. The third-order valence-corrected chi connectivity index (χ3v) is 9.24. The molecule has 0 saturated heterocycles. The lowest BCUT2D eigenvalue weighted by molar-refractivity contribution is 1.20. The molecule has 0 saturated carbocycles. The van der Waals surface area contributed by atoms with Crippen molar-refractivity contribution in [1.29, 1.82) is 0 Å². The summed E-state index contributed by atoms with van der Waals surface area (Å²) >= 11 is 0. The van der Waals surface area contributed by atoms with E-state index >= 15 is 0 Å². The molecule has 240 valence electrons. The van der Waals surface area contributed by atoms with Gasteiger partial charge in [0.15, 0.2) is 16.9 Å². The van der Waals surface area contributed by atoms with Gasteiger partial charge in [-0.3, -0.25) is 0 Å². The Morgan fingerprint density at radius 1 is 0.275 bits per heavy atom. The van der Waals surface area contributed by atoms with Gasteiger partial charge in [-0.2, -0.15) is 0 Å². The van der Waals surface area contributed by atoms with Crippen LogP contribution in [0.4, 0.5) is 51.2 Å². The molecule has 10 rings (SSSR count). The van der Waals surface area contributed by atoms with Crippen LogP contribution in [0.25, 0.3) is 33.1 Å². The molecule has 3 aromatic carbocycles. The Hall–Kier alpha value is -7.26. The van der Waals surface area contributed by atoms with Gasteiger partial charge in [-0.1, -0.05) is 18.2 Å². The summed E-state index contributed by atoms with van der Waals surface area (Å²) in [5.41, 5.74) is 10.8. The lowest BCUT2D eigenvalue weighted by Crippen LogP contribution is -2.17. The Morgan fingerprint density at radius 3 is 0.843 bits per heavy atom. The summed E-state index contributed by atoms with van der Waals surface area (Å²) in [6, 6.07) is 44.1. The number of fused-ring (bicyclic) bond motifs is 9. The summed E-state index contributed by atoms with van der Waals surface area (Å²) in [4.78, 5) is 34.4. The number of anilines is 9. The standard InChI is InChI=1S/C42H27N9/c1-7-28-25-29(8-1)50(38-17-23-47-41-35(38)14-5-20-44-41)31-10-3-12-33(27-31)51(39-18-24-48-42-36(39)15-6-21-45-42)32-11-2-9-30(26-32)49(28)37-16-22-46-40-34(37)13-4-19-43-40/h1-27H. The molecule has 0 unspecified atom stereocenters. The fourth-order valence-corrected chi connectivity index (χ4v) is 7.08. The fourth-order valence-electron chi connectivity index (χ4n) is 7.08. The van der Waals surface area contributed by atoms with Gasteiger partial charge in [0.1, 0.15) is 0 Å². The quantitative estimate of drug-likeness (QED) is 0.184. The Balaban J connectivity index is 1.32. The van der Waals surface area contributed by atoms with Crippen LogP contribution in [0, 0.1) is 0 Å². The first-order valence-corrected chi connectivity index (χ1v) is 16.6. The van der Waals surface area contributed by atoms with Gasteiger partial charge < -0.3 is 14.7 Å². The molecule has 9 heteroatoms. The second kappa shape index (κ2) is 11.7. The molecule has 9 aromatic rings. The highest BCUT2D eigenvalue weighted by atomic mass is 15.2. The SMILES string of the molecule is c1cc2cc(c1)N(c1ccnc3ncccc13)c1cccc(c1)N(c1ccnc3ncccc13)c1cccc(c1)N2c1ccnc2ncccc12. The van der Waals surface area contributed by atoms with Crippen LogP contribution in [0.15, 0.2) is 165 Å². The van der Waals surface area contributed by atoms with Gasteiger partial charge in [-0.05, 0) is 109 Å². The average molecular weight is 658 g/mol. The minimum Gasteiger partial charge on any atom is -0.310 e. The van der Waals surface area contributed by atoms with Crippen molar-refractivity contribution in [3.05, 3.63) is 165 Å². The van der Waals surface area contributed by atoms with E-state index < -0.39 is 0 Å². The van der Waals surface area contributed by atoms with Gasteiger partial charge >= 0.3 is 0 Å². The highest BCUT2D eigenvalue weighted by molar-refractivity contribution is 6.01. The topological polar surface area (TPSA) is 87.1 Å². The summed E-state index contributed by atoms with van der Waals surface area (Å²) < 4.78 is 0. The van der Waals surface area contributed by atoms with Crippen LogP contribution >= 0.6 is 0 Å². The summed E-state index contributed by atoms with van der Waals surface area (Å²) in [5.74, 6) is 0. The van der Waals surface area contributed by atoms with E-state index in [1.54, 1.807) is 18.6 Å². The molecule has 0 fully saturated rings. The van der Waals surface area contributed by atoms with Crippen molar-refractivity contribution in [3.8, 4) is 0 Å². The highest BCUT2D eigenvalue weighted by Crippen LogP contribution is 2.47. The maximum Gasteiger partial charge on any atom is 0.161 e. The molecule has 6 aromatic heterocycles. The van der Waals surface area contributed by atoms with Crippen LogP contribution in [-0.4, -0.2) is 29.9 Å². The van der Waals surface area contributed by atoms with Crippen LogP contribution < -0.4 is 14.7 Å². The maximum absolute atomic E-state index is 4.60. The number of hydrogen-bond acceptors (Lipinski definition) is 9. The predicted molar refractivity (Wildman–Crippen MR) is 203 cm³/mol. The first-order valence-electron chi connectivity index (χ1n) is 16.6. The molecule has 1 aliphatic heterocycles. The minimum absolute atomic E-state index is 0.679. The third-order valence-electron chi connectivity index (χ3n) is 9.24. The molecule has 0 aliphatic carbocycles. The number of hydrogen-bond donors (Lipinski definition) is 0. The van der Waals surface area contributed by atoms with Crippen molar-refractivity contribution in [2.75, 3.05) is 14.7 Å². The molecule has 0 atom stereocenters. The van der Waals surface area contributed by atoms with Gasteiger partial charge in [0.25, 0.3) is 0 Å². The van der Waals surface area contributed by atoms with Gasteiger partial charge in [0.2, 0.25) is 0 Å². The Labute approximate surface area is 292 Å². The lowest BCUT2D eigenvalue weighted by Gasteiger charge is -2.33. The van der Waals surface area contributed by atoms with E-state index in [9.17, 15) is 0 Å². The molecule has 0 spiro atoms. The van der Waals surface area contributed by atoms with Crippen LogP contribution in [0.5, 0.6) is 0 Å². The lowest BCUT2D eigenvalue weighted by atomic mass is 10.1. The van der Waals surface area contributed by atoms with Crippen molar-refractivity contribution in [2.24, 2.45) is 0 Å². The van der Waals surface area contributed by atoms with E-state index in [0.717, 1.165) is 67.3 Å². The summed E-state index contributed by atoms with van der Waals surface area (Å²) in [7, 11) is 0. The van der Waals surface area contributed by atoms with Crippen molar-refractivity contribution in [1.82, 2.24) is 29.9 Å². The van der Waals surface area contributed by atoms with Crippen molar-refractivity contribution in [3.63, 3.8) is 0 Å². The maximum atomic E-state index is 4.60. The summed E-state index contributed by atoms with van der Waals surface area (Å²) in [6.07, 6.45) is 10.8. The smallest absolute Gasteiger partial charge is 0.161 e. The molecule has 6 bridgehead atoms. The molecule has 0 amide bonds. The predicted octanol–water partition coefficient (Wildman–Crippen LogP) is 10.2. The first kappa shape index (κ1) is 28.7. The third kappa shape index (κ3) is 4.79. The van der Waals surface area contributed by atoms with E-state index in [-0.39, 0.29) is 0 Å². The van der Waals surface area contributed by atoms with Crippen LogP contribution in [0.1, 0.15) is 0 Å². The summed E-state index contributed by atoms with van der Waals surface area (Å²) in [5, 5.41) is 2.83. The van der Waals surface area contributed by atoms with E-state index in [1.807, 2.05) is 36.8 Å². The Kier molecular flexibility index (Phi) is 6.60. The second-order valence-corrected chi connectivity index (χ2v) is 12.2. The molecule has 9 nitrogen and oxygen atoms in total. The van der Waals surface area contributed by atoms with Gasteiger partial charge in [0, 0.05) is 87.5 Å². The molecular formula is C42H27N9. The first-order chi connectivity index (χ1) is 25.3. The van der Waals surface area contributed by atoms with E-state index in [1.165, 1.54) is 0 Å². The van der Waals surface area contributed by atoms with Crippen molar-refractivity contribution in [2.45, 2.75) is 0 Å². The molecule has 1 aliphatic rings. The normalized spacial score (nSPS) is 12.6. The second-order valence-electron chi connectivity index (χ2n) is 12.2. The van der Waals surface area contributed by atoms with Gasteiger partial charge in [0.05, 0.1) is 17.1 Å². The number of benzene rings is 3. The monoisotopic (exact) mass is 657 g/mol. The largest absolute Gasteiger partial charge is 0.310 e. The number of nitrogens with zero attached hydrogens (tertiary/aromatic N) is 9. The summed E-state index contributed by atoms with van der Waals surface area (Å²) in [6.45, 7) is 0. The average Bonchev–Trinajstić information content (AvgIpc) is 3.19. The number of aromatic nitrogens is 6. The van der Waals surface area contributed by atoms with Crippen LogP contribution in [-0.2, 0) is 0 Å². The zero-order valence-corrected chi connectivity index (χ0v) is 27.1. The van der Waals surface area contributed by atoms with Crippen molar-refractivity contribution >= 4 is 84.3 Å². The van der Waals surface area contributed by atoms with Gasteiger partial charge in [-0.25, -0.2) is 29.9 Å². The van der Waals surface area contributed by atoms with E-state index in [2.05, 4.69) is 154 Å². The molecule has 7 heterocycles. The number of pyridine rings is 6. The molecule has 51 heavy (non-hydrogen) atoms. The van der Waals surface area contributed by atoms with E-state index in [4.69, 9.17) is 0 Å². The molecule has 0 N–H and O–H groups in total. The zero-order valence-electron chi connectivity index (χ0n) is 27.1. The zero-order chi connectivity index (χ0) is 33.7.